The molecule has 0 saturated heterocycles. The van der Waals surface area contributed by atoms with E-state index in [1.165, 1.54) is 33.3 Å². The molecule has 0 aromatic heterocycles. The third-order valence-electron chi connectivity index (χ3n) is 2.40. The van der Waals surface area contributed by atoms with Crippen LogP contribution in [0.5, 0.6) is 11.5 Å². The minimum Gasteiger partial charge on any atom is -0.493 e. The van der Waals surface area contributed by atoms with Gasteiger partial charge in [0, 0.05) is 12.1 Å². The van der Waals surface area contributed by atoms with Crippen molar-refractivity contribution >= 4 is 21.7 Å². The van der Waals surface area contributed by atoms with Gasteiger partial charge in [0.15, 0.2) is 11.5 Å². The summed E-state index contributed by atoms with van der Waals surface area (Å²) in [5.41, 5.74) is -0.276. The third-order valence-corrected chi connectivity index (χ3v) is 3.69. The fraction of sp³-hybridized carbons (Fsp3) is 0.364. The Labute approximate surface area is 111 Å². The second-order valence-electron chi connectivity index (χ2n) is 3.56. The molecule has 2 N–H and O–H groups in total. The van der Waals surface area contributed by atoms with E-state index in [1.807, 2.05) is 0 Å². The van der Waals surface area contributed by atoms with Crippen molar-refractivity contribution in [2.75, 3.05) is 24.7 Å². The zero-order valence-electron chi connectivity index (χ0n) is 10.8. The highest BCUT2D eigenvalue weighted by Gasteiger charge is 2.19. The van der Waals surface area contributed by atoms with Crippen molar-refractivity contribution in [3.8, 4) is 11.5 Å². The van der Waals surface area contributed by atoms with Gasteiger partial charge in [-0.25, -0.2) is 13.2 Å². The standard InChI is InChI=1S/C11H15NO6S/c1-4-19(15,16)12-8-6-10(18-3)9(17-2)5-7(8)11(13)14/h5-6,12H,4H2,1-3H3,(H,13,14). The van der Waals surface area contributed by atoms with Crippen molar-refractivity contribution in [1.29, 1.82) is 0 Å². The Balaban J connectivity index is 3.40. The van der Waals surface area contributed by atoms with Gasteiger partial charge in [0.25, 0.3) is 0 Å². The molecule has 0 amide bonds. The Morgan fingerprint density at radius 3 is 2.21 bits per heavy atom. The zero-order chi connectivity index (χ0) is 14.6. The number of carboxylic acids is 1. The summed E-state index contributed by atoms with van der Waals surface area (Å²) in [6.07, 6.45) is 0. The molecule has 106 valence electrons. The van der Waals surface area contributed by atoms with Gasteiger partial charge in [0.05, 0.1) is 31.2 Å². The molecule has 1 aromatic rings. The summed E-state index contributed by atoms with van der Waals surface area (Å²) in [6.45, 7) is 1.45. The van der Waals surface area contributed by atoms with Crippen molar-refractivity contribution in [3.63, 3.8) is 0 Å². The predicted octanol–water partition coefficient (Wildman–Crippen LogP) is 1.16. The number of hydrogen-bond donors (Lipinski definition) is 2. The summed E-state index contributed by atoms with van der Waals surface area (Å²) in [5.74, 6) is -0.990. The lowest BCUT2D eigenvalue weighted by Crippen LogP contribution is -2.17. The zero-order valence-corrected chi connectivity index (χ0v) is 11.6. The van der Waals surface area contributed by atoms with Crippen molar-refractivity contribution in [2.45, 2.75) is 6.92 Å². The number of benzene rings is 1. The van der Waals surface area contributed by atoms with Crippen LogP contribution in [0.25, 0.3) is 0 Å². The molecule has 0 fully saturated rings. The SMILES string of the molecule is CCS(=O)(=O)Nc1cc(OC)c(OC)cc1C(=O)O. The van der Waals surface area contributed by atoms with Crippen LogP contribution in [0.15, 0.2) is 12.1 Å². The molecule has 1 rings (SSSR count). The Morgan fingerprint density at radius 2 is 1.79 bits per heavy atom. The second kappa shape index (κ2) is 5.79. The van der Waals surface area contributed by atoms with Crippen LogP contribution in [0.4, 0.5) is 5.69 Å². The molecule has 0 aliphatic heterocycles. The summed E-state index contributed by atoms with van der Waals surface area (Å²) in [6, 6.07) is 2.48. The number of carbonyl (C=O) groups is 1. The maximum Gasteiger partial charge on any atom is 0.337 e. The number of aromatic carboxylic acids is 1. The summed E-state index contributed by atoms with van der Waals surface area (Å²) >= 11 is 0. The van der Waals surface area contributed by atoms with E-state index < -0.39 is 16.0 Å². The maximum absolute atomic E-state index is 11.5. The number of rotatable bonds is 6. The molecule has 7 nitrogen and oxygen atoms in total. The van der Waals surface area contributed by atoms with E-state index in [2.05, 4.69) is 4.72 Å². The van der Waals surface area contributed by atoms with Gasteiger partial charge >= 0.3 is 5.97 Å². The first-order valence-corrected chi connectivity index (χ1v) is 6.99. The highest BCUT2D eigenvalue weighted by molar-refractivity contribution is 7.92. The molecule has 8 heteroatoms. The van der Waals surface area contributed by atoms with E-state index >= 15 is 0 Å². The van der Waals surface area contributed by atoms with Crippen molar-refractivity contribution in [1.82, 2.24) is 0 Å². The van der Waals surface area contributed by atoms with Crippen molar-refractivity contribution < 1.29 is 27.8 Å². The van der Waals surface area contributed by atoms with Gasteiger partial charge in [0.2, 0.25) is 10.0 Å². The summed E-state index contributed by atoms with van der Waals surface area (Å²) in [7, 11) is -0.851. The molecule has 1 aromatic carbocycles. The minimum absolute atomic E-state index is 0.0630. The fourth-order valence-corrected chi connectivity index (χ4v) is 2.03. The summed E-state index contributed by atoms with van der Waals surface area (Å²) in [5, 5.41) is 9.09. The Hall–Kier alpha value is -1.96. The highest BCUT2D eigenvalue weighted by atomic mass is 32.2. The number of carboxylic acid groups (broad SMARTS) is 1. The number of nitrogens with one attached hydrogen (secondary N) is 1. The van der Waals surface area contributed by atoms with Gasteiger partial charge in [-0.05, 0) is 6.92 Å². The first kappa shape index (κ1) is 15.1. The molecule has 19 heavy (non-hydrogen) atoms. The lowest BCUT2D eigenvalue weighted by Gasteiger charge is -2.14. The second-order valence-corrected chi connectivity index (χ2v) is 5.57. The van der Waals surface area contributed by atoms with Crippen molar-refractivity contribution in [2.24, 2.45) is 0 Å². The van der Waals surface area contributed by atoms with Crippen LogP contribution >= 0.6 is 0 Å². The van der Waals surface area contributed by atoms with Gasteiger partial charge in [-0.1, -0.05) is 0 Å². The largest absolute Gasteiger partial charge is 0.493 e. The van der Waals surface area contributed by atoms with Crippen LogP contribution in [0.2, 0.25) is 0 Å². The monoisotopic (exact) mass is 289 g/mol. The summed E-state index contributed by atoms with van der Waals surface area (Å²) < 4.78 is 35.2. The topological polar surface area (TPSA) is 102 Å². The number of methoxy groups -OCH3 is 2. The summed E-state index contributed by atoms with van der Waals surface area (Å²) in [4.78, 5) is 11.1. The van der Waals surface area contributed by atoms with Crippen LogP contribution in [-0.2, 0) is 10.0 Å². The molecule has 0 heterocycles. The van der Waals surface area contributed by atoms with E-state index in [1.54, 1.807) is 0 Å². The van der Waals surface area contributed by atoms with E-state index in [0.717, 1.165) is 0 Å². The van der Waals surface area contributed by atoms with E-state index in [9.17, 15) is 13.2 Å². The molecule has 0 spiro atoms. The molecule has 0 atom stereocenters. The average Bonchev–Trinajstić information content (AvgIpc) is 2.37. The Morgan fingerprint density at radius 1 is 1.26 bits per heavy atom. The maximum atomic E-state index is 11.5. The van der Waals surface area contributed by atoms with Crippen LogP contribution < -0.4 is 14.2 Å². The lowest BCUT2D eigenvalue weighted by atomic mass is 10.1. The smallest absolute Gasteiger partial charge is 0.337 e. The Bertz CT molecular complexity index is 581. The molecular formula is C11H15NO6S. The number of sulfonamides is 1. The highest BCUT2D eigenvalue weighted by Crippen LogP contribution is 2.33. The molecule has 0 aliphatic rings. The number of anilines is 1. The fourth-order valence-electron chi connectivity index (χ4n) is 1.38. The molecule has 0 radical (unpaired) electrons. The van der Waals surface area contributed by atoms with Crippen LogP contribution in [0.3, 0.4) is 0 Å². The van der Waals surface area contributed by atoms with Crippen LogP contribution in [-0.4, -0.2) is 39.5 Å². The van der Waals surface area contributed by atoms with Gasteiger partial charge < -0.3 is 14.6 Å². The van der Waals surface area contributed by atoms with E-state index in [0.29, 0.717) is 0 Å². The van der Waals surface area contributed by atoms with Gasteiger partial charge in [-0.3, -0.25) is 4.72 Å². The lowest BCUT2D eigenvalue weighted by molar-refractivity contribution is 0.0697. The molecule has 0 saturated carbocycles. The number of hydrogen-bond acceptors (Lipinski definition) is 5. The third kappa shape index (κ3) is 3.50. The predicted molar refractivity (Wildman–Crippen MR) is 69.6 cm³/mol. The Kier molecular flexibility index (Phi) is 4.60. The van der Waals surface area contributed by atoms with Crippen molar-refractivity contribution in [3.05, 3.63) is 17.7 Å². The van der Waals surface area contributed by atoms with E-state index in [4.69, 9.17) is 14.6 Å². The van der Waals surface area contributed by atoms with Crippen LogP contribution in [0, 0.1) is 0 Å². The first-order valence-electron chi connectivity index (χ1n) is 5.34. The average molecular weight is 289 g/mol. The normalized spacial score (nSPS) is 10.9. The molecular weight excluding hydrogens is 274 g/mol. The first-order chi connectivity index (χ1) is 8.84. The van der Waals surface area contributed by atoms with Gasteiger partial charge in [0.1, 0.15) is 0 Å². The quantitative estimate of drug-likeness (QED) is 0.815. The number of ether oxygens (including phenoxy) is 2. The minimum atomic E-state index is -3.58. The van der Waals surface area contributed by atoms with E-state index in [-0.39, 0.29) is 28.5 Å². The molecule has 0 bridgehead atoms. The molecule has 0 unspecified atom stereocenters. The molecule has 0 aliphatic carbocycles. The van der Waals surface area contributed by atoms with Gasteiger partial charge in [-0.15, -0.1) is 0 Å². The van der Waals surface area contributed by atoms with Gasteiger partial charge in [-0.2, -0.15) is 0 Å². The van der Waals surface area contributed by atoms with Crippen LogP contribution in [0.1, 0.15) is 17.3 Å².